The molecule has 4 atom stereocenters. The van der Waals surface area contributed by atoms with Gasteiger partial charge in [-0.3, -0.25) is 9.59 Å². The van der Waals surface area contributed by atoms with E-state index in [2.05, 4.69) is 30.9 Å². The molecule has 0 unspecified atom stereocenters. The molecule has 0 bridgehead atoms. The molecule has 284 valence electrons. The molecule has 1 aliphatic carbocycles. The Kier molecular flexibility index (Phi) is 11.4. The third kappa shape index (κ3) is 8.76. The van der Waals surface area contributed by atoms with Gasteiger partial charge in [0, 0.05) is 38.0 Å². The predicted octanol–water partition coefficient (Wildman–Crippen LogP) is 3.68. The van der Waals surface area contributed by atoms with Crippen LogP contribution in [0.1, 0.15) is 48.5 Å². The van der Waals surface area contributed by atoms with Crippen molar-refractivity contribution in [3.05, 3.63) is 96.3 Å². The SMILES string of the molecule is CCC(=O)N[C@H]1C[C@@H](n2cnc3c(NCC(c4ccccc4)c4ccccc4)nc(NCCc4cn(CC(=O)O)cn4)nc32)[C@H](O)[C@@H]1OC(=O)C(F)(F)F. The molecule has 1 aliphatic rings. The normalized spacial score (nSPS) is 18.5. The van der Waals surface area contributed by atoms with Gasteiger partial charge in [0.2, 0.25) is 11.9 Å². The molecule has 1 amide bonds. The quantitative estimate of drug-likeness (QED) is 0.0976. The number of aliphatic hydroxyl groups is 1. The van der Waals surface area contributed by atoms with Gasteiger partial charge in [0.15, 0.2) is 23.1 Å². The van der Waals surface area contributed by atoms with Gasteiger partial charge in [-0.1, -0.05) is 67.6 Å². The molecule has 2 aromatic carbocycles. The number of nitrogens with zero attached hydrogens (tertiary/aromatic N) is 6. The number of esters is 1. The highest BCUT2D eigenvalue weighted by Gasteiger charge is 2.51. The molecule has 0 spiro atoms. The molecule has 0 saturated heterocycles. The van der Waals surface area contributed by atoms with Gasteiger partial charge in [-0.05, 0) is 17.5 Å². The highest BCUT2D eigenvalue weighted by atomic mass is 19.4. The van der Waals surface area contributed by atoms with Crippen LogP contribution in [-0.4, -0.2) is 94.6 Å². The number of carbonyl (C=O) groups excluding carboxylic acids is 2. The number of hydrogen-bond acceptors (Lipinski definition) is 11. The Morgan fingerprint density at radius 2 is 1.67 bits per heavy atom. The van der Waals surface area contributed by atoms with Gasteiger partial charge in [-0.15, -0.1) is 0 Å². The van der Waals surface area contributed by atoms with Gasteiger partial charge in [0.25, 0.3) is 0 Å². The minimum Gasteiger partial charge on any atom is -0.480 e. The third-order valence-electron chi connectivity index (χ3n) is 9.09. The van der Waals surface area contributed by atoms with E-state index in [0.717, 1.165) is 11.1 Å². The van der Waals surface area contributed by atoms with Crippen molar-refractivity contribution < 1.29 is 42.5 Å². The number of hydrogen-bond donors (Lipinski definition) is 5. The Labute approximate surface area is 306 Å². The number of carbonyl (C=O) groups is 3. The van der Waals surface area contributed by atoms with E-state index >= 15 is 0 Å². The van der Waals surface area contributed by atoms with Crippen LogP contribution in [0.2, 0.25) is 0 Å². The first-order valence-electron chi connectivity index (χ1n) is 17.2. The van der Waals surface area contributed by atoms with Crippen LogP contribution in [0.3, 0.4) is 0 Å². The van der Waals surface area contributed by atoms with Crippen molar-refractivity contribution in [1.29, 1.82) is 0 Å². The van der Waals surface area contributed by atoms with E-state index in [-0.39, 0.29) is 43.4 Å². The maximum absolute atomic E-state index is 13.2. The van der Waals surface area contributed by atoms with Crippen molar-refractivity contribution in [3.8, 4) is 0 Å². The average molecular weight is 750 g/mol. The second kappa shape index (κ2) is 16.3. The predicted molar refractivity (Wildman–Crippen MR) is 188 cm³/mol. The first-order chi connectivity index (χ1) is 25.9. The molecule has 0 aliphatic heterocycles. The number of carboxylic acids is 1. The van der Waals surface area contributed by atoms with E-state index < -0.39 is 48.3 Å². The topological polar surface area (TPSA) is 198 Å². The highest BCUT2D eigenvalue weighted by Crippen LogP contribution is 2.37. The lowest BCUT2D eigenvalue weighted by Gasteiger charge is -2.24. The van der Waals surface area contributed by atoms with Crippen molar-refractivity contribution in [2.24, 2.45) is 0 Å². The first kappa shape index (κ1) is 37.7. The summed E-state index contributed by atoms with van der Waals surface area (Å²) in [6, 6.07) is 17.6. The van der Waals surface area contributed by atoms with Gasteiger partial charge in [-0.25, -0.2) is 14.8 Å². The maximum atomic E-state index is 13.2. The molecule has 18 heteroatoms. The summed E-state index contributed by atoms with van der Waals surface area (Å²) in [4.78, 5) is 53.5. The second-order valence-corrected chi connectivity index (χ2v) is 12.8. The summed E-state index contributed by atoms with van der Waals surface area (Å²) in [5.41, 5.74) is 3.22. The molecule has 15 nitrogen and oxygen atoms in total. The minimum absolute atomic E-state index is 0.00918. The van der Waals surface area contributed by atoms with Gasteiger partial charge in [-0.2, -0.15) is 23.1 Å². The summed E-state index contributed by atoms with van der Waals surface area (Å²) >= 11 is 0. The Morgan fingerprint density at radius 3 is 2.30 bits per heavy atom. The molecule has 6 rings (SSSR count). The summed E-state index contributed by atoms with van der Waals surface area (Å²) in [6.07, 6.45) is -4.02. The van der Waals surface area contributed by atoms with Crippen LogP contribution in [0.4, 0.5) is 24.9 Å². The van der Waals surface area contributed by atoms with Crippen LogP contribution in [0.5, 0.6) is 0 Å². The van der Waals surface area contributed by atoms with Crippen molar-refractivity contribution in [2.75, 3.05) is 23.7 Å². The van der Waals surface area contributed by atoms with Crippen LogP contribution in [0.25, 0.3) is 11.2 Å². The number of carboxylic acid groups (broad SMARTS) is 1. The molecule has 54 heavy (non-hydrogen) atoms. The minimum atomic E-state index is -5.32. The number of ether oxygens (including phenoxy) is 1. The van der Waals surface area contributed by atoms with Crippen LogP contribution in [0, 0.1) is 0 Å². The van der Waals surface area contributed by atoms with E-state index in [0.29, 0.717) is 30.0 Å². The number of aliphatic hydroxyl groups excluding tert-OH is 1. The molecule has 5 aromatic rings. The smallest absolute Gasteiger partial charge is 0.480 e. The van der Waals surface area contributed by atoms with Gasteiger partial charge >= 0.3 is 18.1 Å². The van der Waals surface area contributed by atoms with Crippen LogP contribution >= 0.6 is 0 Å². The van der Waals surface area contributed by atoms with Gasteiger partial charge in [0.05, 0.1) is 30.4 Å². The number of halogens is 3. The number of aromatic nitrogens is 6. The Balaban J connectivity index is 1.33. The summed E-state index contributed by atoms with van der Waals surface area (Å²) in [5, 5.41) is 29.6. The Bertz CT molecular complexity index is 2040. The molecular weight excluding hydrogens is 711 g/mol. The van der Waals surface area contributed by atoms with Crippen molar-refractivity contribution in [1.82, 2.24) is 34.4 Å². The largest absolute Gasteiger partial charge is 0.490 e. The molecule has 0 radical (unpaired) electrons. The van der Waals surface area contributed by atoms with E-state index in [4.69, 9.17) is 14.8 Å². The molecule has 1 saturated carbocycles. The lowest BCUT2D eigenvalue weighted by atomic mass is 9.91. The standard InChI is InChI=1S/C36H38F3N9O6/c1-2-27(49)44-25-15-26(30(52)31(25)54-34(53)36(37,38)39)48-20-43-29-32(41-16-24(21-9-5-3-6-10-21)22-11-7-4-8-12-22)45-35(46-33(29)48)40-14-13-23-17-47(19-42-23)18-28(50)51/h3-12,17,19-20,24-26,30-31,52H,2,13-16,18H2,1H3,(H,44,49)(H,50,51)(H2,40,41,45,46)/t25-,26+,30-,31+/m0/s1. The number of nitrogens with one attached hydrogen (secondary N) is 3. The third-order valence-corrected chi connectivity index (χ3v) is 9.09. The maximum Gasteiger partial charge on any atom is 0.490 e. The van der Waals surface area contributed by atoms with Crippen LogP contribution in [0.15, 0.2) is 79.5 Å². The molecular formula is C36H38F3N9O6. The number of rotatable bonds is 15. The molecule has 1 fully saturated rings. The van der Waals surface area contributed by atoms with Crippen molar-refractivity contribution in [2.45, 2.75) is 69.1 Å². The van der Waals surface area contributed by atoms with Gasteiger partial charge < -0.3 is 40.0 Å². The Hall–Kier alpha value is -6.04. The number of benzene rings is 2. The summed E-state index contributed by atoms with van der Waals surface area (Å²) in [7, 11) is 0. The summed E-state index contributed by atoms with van der Waals surface area (Å²) in [6.45, 7) is 1.98. The second-order valence-electron chi connectivity index (χ2n) is 12.8. The van der Waals surface area contributed by atoms with E-state index in [1.54, 1.807) is 13.1 Å². The average Bonchev–Trinajstić information content (AvgIpc) is 3.86. The zero-order valence-corrected chi connectivity index (χ0v) is 29.0. The fraction of sp³-hybridized carbons (Fsp3) is 0.361. The highest BCUT2D eigenvalue weighted by molar-refractivity contribution is 5.84. The van der Waals surface area contributed by atoms with E-state index in [1.165, 1.54) is 21.8 Å². The Morgan fingerprint density at radius 1 is 0.981 bits per heavy atom. The summed E-state index contributed by atoms with van der Waals surface area (Å²) in [5.74, 6) is -3.63. The molecule has 3 aromatic heterocycles. The number of alkyl halides is 3. The number of imidazole rings is 2. The van der Waals surface area contributed by atoms with Crippen molar-refractivity contribution in [3.63, 3.8) is 0 Å². The molecule has 3 heterocycles. The van der Waals surface area contributed by atoms with E-state index in [9.17, 15) is 32.7 Å². The zero-order valence-electron chi connectivity index (χ0n) is 29.0. The van der Waals surface area contributed by atoms with Crippen molar-refractivity contribution >= 4 is 40.8 Å². The number of fused-ring (bicyclic) bond motifs is 1. The monoisotopic (exact) mass is 749 g/mol. The lowest BCUT2D eigenvalue weighted by molar-refractivity contribution is -0.209. The number of aliphatic carboxylic acids is 1. The molecule has 5 N–H and O–H groups in total. The fourth-order valence-electron chi connectivity index (χ4n) is 6.50. The lowest BCUT2D eigenvalue weighted by Crippen LogP contribution is -2.47. The first-order valence-corrected chi connectivity index (χ1v) is 17.2. The number of anilines is 2. The van der Waals surface area contributed by atoms with Crippen LogP contribution < -0.4 is 16.0 Å². The number of amides is 1. The van der Waals surface area contributed by atoms with Gasteiger partial charge in [0.1, 0.15) is 12.6 Å². The van der Waals surface area contributed by atoms with E-state index in [1.807, 2.05) is 60.7 Å². The van der Waals surface area contributed by atoms with Crippen LogP contribution in [-0.2, 0) is 32.1 Å². The summed E-state index contributed by atoms with van der Waals surface area (Å²) < 4.78 is 47.4. The zero-order chi connectivity index (χ0) is 38.4. The fourth-order valence-corrected chi connectivity index (χ4v) is 6.50.